The van der Waals surface area contributed by atoms with Crippen molar-refractivity contribution in [3.8, 4) is 10.6 Å². The van der Waals surface area contributed by atoms with Gasteiger partial charge in [0.05, 0.1) is 0 Å². The predicted octanol–water partition coefficient (Wildman–Crippen LogP) is 6.43. The van der Waals surface area contributed by atoms with Crippen molar-refractivity contribution in [1.29, 1.82) is 0 Å². The lowest BCUT2D eigenvalue weighted by molar-refractivity contribution is -0.134. The summed E-state index contributed by atoms with van der Waals surface area (Å²) in [5, 5.41) is 12.4. The second kappa shape index (κ2) is 13.0. The van der Waals surface area contributed by atoms with Gasteiger partial charge < -0.3 is 10.2 Å². The van der Waals surface area contributed by atoms with Gasteiger partial charge in [-0.2, -0.15) is 0 Å². The van der Waals surface area contributed by atoms with Crippen LogP contribution in [0.1, 0.15) is 77.6 Å². The zero-order valence-corrected chi connectivity index (χ0v) is 21.2. The van der Waals surface area contributed by atoms with Gasteiger partial charge in [-0.1, -0.05) is 84.8 Å². The van der Waals surface area contributed by atoms with Crippen molar-refractivity contribution >= 4 is 44.2 Å². The number of unbranched alkanes of at least 4 members (excludes halogenated alkanes) is 3. The molecule has 1 heterocycles. The maximum absolute atomic E-state index is 12.9. The summed E-state index contributed by atoms with van der Waals surface area (Å²) in [5.41, 5.74) is 0.953. The van der Waals surface area contributed by atoms with E-state index < -0.39 is 0 Å². The largest absolute Gasteiger partial charge is 0.339 e. The van der Waals surface area contributed by atoms with E-state index in [1.807, 2.05) is 29.2 Å². The van der Waals surface area contributed by atoms with Gasteiger partial charge >= 0.3 is 0 Å². The standard InChI is InChI=1S/C24H33BrN4O2S/c1-2-3-4-8-14-22(31)29(20-12-6-5-7-13-20)16-15-21(30)26-24-28-27-23(32-24)18-10-9-11-19(25)17-18/h9-11,17,20H,2-8,12-16H2,1H3,(H,26,28,30). The van der Waals surface area contributed by atoms with E-state index in [1.165, 1.54) is 37.0 Å². The number of hydrogen-bond donors (Lipinski definition) is 1. The maximum Gasteiger partial charge on any atom is 0.227 e. The number of amides is 2. The van der Waals surface area contributed by atoms with Gasteiger partial charge in [0, 0.05) is 35.5 Å². The summed E-state index contributed by atoms with van der Waals surface area (Å²) >= 11 is 4.81. The Morgan fingerprint density at radius 1 is 1.12 bits per heavy atom. The van der Waals surface area contributed by atoms with Crippen LogP contribution in [0.25, 0.3) is 10.6 Å². The molecule has 0 spiro atoms. The maximum atomic E-state index is 12.9. The van der Waals surface area contributed by atoms with E-state index in [4.69, 9.17) is 0 Å². The first-order valence-corrected chi connectivity index (χ1v) is 13.4. The number of aromatic nitrogens is 2. The molecule has 0 unspecified atom stereocenters. The van der Waals surface area contributed by atoms with E-state index in [1.54, 1.807) is 0 Å². The smallest absolute Gasteiger partial charge is 0.227 e. The van der Waals surface area contributed by atoms with E-state index in [2.05, 4.69) is 38.4 Å². The molecular formula is C24H33BrN4O2S. The highest BCUT2D eigenvalue weighted by molar-refractivity contribution is 9.10. The summed E-state index contributed by atoms with van der Waals surface area (Å²) < 4.78 is 0.970. The van der Waals surface area contributed by atoms with Crippen molar-refractivity contribution in [1.82, 2.24) is 15.1 Å². The van der Waals surface area contributed by atoms with Gasteiger partial charge in [0.15, 0.2) is 0 Å². The molecule has 2 amide bonds. The van der Waals surface area contributed by atoms with Crippen LogP contribution in [0.2, 0.25) is 0 Å². The Bertz CT molecular complexity index is 882. The molecule has 2 aromatic rings. The lowest BCUT2D eigenvalue weighted by atomic mass is 9.93. The third-order valence-electron chi connectivity index (χ3n) is 5.90. The zero-order chi connectivity index (χ0) is 22.8. The van der Waals surface area contributed by atoms with Crippen LogP contribution in [0.3, 0.4) is 0 Å². The highest BCUT2D eigenvalue weighted by atomic mass is 79.9. The van der Waals surface area contributed by atoms with Crippen LogP contribution in [0.4, 0.5) is 5.13 Å². The molecule has 1 aromatic heterocycles. The highest BCUT2D eigenvalue weighted by Crippen LogP contribution is 2.28. The first-order chi connectivity index (χ1) is 15.6. The Labute approximate surface area is 203 Å². The van der Waals surface area contributed by atoms with Gasteiger partial charge in [0.1, 0.15) is 5.01 Å². The molecule has 0 aliphatic heterocycles. The fourth-order valence-corrected chi connectivity index (χ4v) is 5.32. The molecule has 0 radical (unpaired) electrons. The van der Waals surface area contributed by atoms with Gasteiger partial charge in [-0.3, -0.25) is 9.59 Å². The minimum atomic E-state index is -0.124. The summed E-state index contributed by atoms with van der Waals surface area (Å²) in [5.74, 6) is 0.0789. The summed E-state index contributed by atoms with van der Waals surface area (Å²) in [6, 6.07) is 8.11. The topological polar surface area (TPSA) is 75.2 Å². The first-order valence-electron chi connectivity index (χ1n) is 11.8. The minimum absolute atomic E-state index is 0.124. The van der Waals surface area contributed by atoms with E-state index in [0.717, 1.165) is 47.1 Å². The fourth-order valence-electron chi connectivity index (χ4n) is 4.17. The number of anilines is 1. The van der Waals surface area contributed by atoms with Crippen LogP contribution in [0.15, 0.2) is 28.7 Å². The molecule has 1 fully saturated rings. The Balaban J connectivity index is 1.54. The molecule has 8 heteroatoms. The van der Waals surface area contributed by atoms with Gasteiger partial charge in [0.2, 0.25) is 16.9 Å². The molecule has 32 heavy (non-hydrogen) atoms. The van der Waals surface area contributed by atoms with Crippen LogP contribution in [0.5, 0.6) is 0 Å². The predicted molar refractivity (Wildman–Crippen MR) is 134 cm³/mol. The molecule has 6 nitrogen and oxygen atoms in total. The lowest BCUT2D eigenvalue weighted by Gasteiger charge is -2.34. The number of rotatable bonds is 11. The molecule has 1 aliphatic carbocycles. The number of benzene rings is 1. The number of halogens is 1. The van der Waals surface area contributed by atoms with Crippen molar-refractivity contribution < 1.29 is 9.59 Å². The van der Waals surface area contributed by atoms with Gasteiger partial charge in [-0.05, 0) is 31.4 Å². The average Bonchev–Trinajstić information content (AvgIpc) is 3.26. The Morgan fingerprint density at radius 3 is 2.69 bits per heavy atom. The second-order valence-electron chi connectivity index (χ2n) is 8.41. The van der Waals surface area contributed by atoms with Crippen molar-refractivity contribution in [3.05, 3.63) is 28.7 Å². The normalized spacial score (nSPS) is 14.3. The molecular weight excluding hydrogens is 488 g/mol. The Hall–Kier alpha value is -1.80. The monoisotopic (exact) mass is 520 g/mol. The second-order valence-corrected chi connectivity index (χ2v) is 10.3. The van der Waals surface area contributed by atoms with Crippen molar-refractivity contribution in [2.45, 2.75) is 83.6 Å². The van der Waals surface area contributed by atoms with Crippen molar-refractivity contribution in [2.24, 2.45) is 0 Å². The van der Waals surface area contributed by atoms with Crippen molar-refractivity contribution in [3.63, 3.8) is 0 Å². The average molecular weight is 522 g/mol. The highest BCUT2D eigenvalue weighted by Gasteiger charge is 2.25. The van der Waals surface area contributed by atoms with E-state index in [-0.39, 0.29) is 24.3 Å². The van der Waals surface area contributed by atoms with Crippen LogP contribution >= 0.6 is 27.3 Å². The van der Waals surface area contributed by atoms with Crippen molar-refractivity contribution in [2.75, 3.05) is 11.9 Å². The summed E-state index contributed by atoms with van der Waals surface area (Å²) in [4.78, 5) is 27.5. The van der Waals surface area contributed by atoms with E-state index in [9.17, 15) is 9.59 Å². The molecule has 1 N–H and O–H groups in total. The van der Waals surface area contributed by atoms with Crippen LogP contribution in [-0.2, 0) is 9.59 Å². The minimum Gasteiger partial charge on any atom is -0.339 e. The number of carbonyl (C=O) groups is 2. The summed E-state index contributed by atoms with van der Waals surface area (Å²) in [6.45, 7) is 2.65. The molecule has 3 rings (SSSR count). The molecule has 0 atom stereocenters. The van der Waals surface area contributed by atoms with Gasteiger partial charge in [-0.15, -0.1) is 10.2 Å². The third-order valence-corrected chi connectivity index (χ3v) is 7.28. The van der Waals surface area contributed by atoms with E-state index >= 15 is 0 Å². The molecule has 1 aromatic carbocycles. The quantitative estimate of drug-likeness (QED) is 0.346. The molecule has 1 aliphatic rings. The van der Waals surface area contributed by atoms with Crippen LogP contribution < -0.4 is 5.32 Å². The van der Waals surface area contributed by atoms with Gasteiger partial charge in [0.25, 0.3) is 0 Å². The van der Waals surface area contributed by atoms with Crippen LogP contribution in [-0.4, -0.2) is 39.5 Å². The number of carbonyl (C=O) groups excluding carboxylic acids is 2. The molecule has 0 bridgehead atoms. The number of nitrogens with one attached hydrogen (secondary N) is 1. The Kier molecular flexibility index (Phi) is 10.1. The third kappa shape index (κ3) is 7.66. The molecule has 0 saturated heterocycles. The molecule has 1 saturated carbocycles. The summed E-state index contributed by atoms with van der Waals surface area (Å²) in [6.07, 6.45) is 10.9. The Morgan fingerprint density at radius 2 is 1.94 bits per heavy atom. The number of nitrogens with zero attached hydrogens (tertiary/aromatic N) is 3. The molecule has 174 valence electrons. The van der Waals surface area contributed by atoms with Crippen LogP contribution in [0, 0.1) is 0 Å². The summed E-state index contributed by atoms with van der Waals surface area (Å²) in [7, 11) is 0. The van der Waals surface area contributed by atoms with E-state index in [0.29, 0.717) is 18.1 Å². The SMILES string of the molecule is CCCCCCC(=O)N(CCC(=O)Nc1nnc(-c2cccc(Br)c2)s1)C1CCCCC1. The van der Waals surface area contributed by atoms with Gasteiger partial charge in [-0.25, -0.2) is 0 Å². The number of hydrogen-bond acceptors (Lipinski definition) is 5. The zero-order valence-electron chi connectivity index (χ0n) is 18.8. The lowest BCUT2D eigenvalue weighted by Crippen LogP contribution is -2.42. The first kappa shape index (κ1) is 24.8. The fraction of sp³-hybridized carbons (Fsp3) is 0.583.